The van der Waals surface area contributed by atoms with Crippen molar-refractivity contribution in [3.63, 3.8) is 0 Å². The van der Waals surface area contributed by atoms with Crippen molar-refractivity contribution in [3.05, 3.63) is 66.4 Å². The van der Waals surface area contributed by atoms with E-state index in [1.807, 2.05) is 30.3 Å². The molecule has 2 aromatic carbocycles. The highest BCUT2D eigenvalue weighted by Crippen LogP contribution is 2.32. The number of rotatable bonds is 4. The van der Waals surface area contributed by atoms with E-state index in [2.05, 4.69) is 10.4 Å². The summed E-state index contributed by atoms with van der Waals surface area (Å²) in [5, 5.41) is 6.67. The number of nitrogen functional groups attached to an aromatic ring is 1. The lowest BCUT2D eigenvalue weighted by Crippen LogP contribution is -2.15. The van der Waals surface area contributed by atoms with E-state index < -0.39 is 13.5 Å². The molecule has 1 aromatic heterocycles. The molecule has 3 rings (SSSR count). The lowest BCUT2D eigenvalue weighted by molar-refractivity contribution is 0.102. The van der Waals surface area contributed by atoms with E-state index in [9.17, 15) is 9.36 Å². The molecule has 25 heavy (non-hydrogen) atoms. The third-order valence-corrected chi connectivity index (χ3v) is 4.43. The molecule has 0 saturated carbocycles. The first-order chi connectivity index (χ1) is 11.8. The van der Waals surface area contributed by atoms with E-state index in [4.69, 9.17) is 15.5 Å². The minimum atomic E-state index is -4.34. The fraction of sp³-hybridized carbons (Fsp3) is 0. The molecule has 0 fully saturated rings. The Labute approximate surface area is 143 Å². The van der Waals surface area contributed by atoms with Crippen molar-refractivity contribution in [3.8, 4) is 5.69 Å². The Morgan fingerprint density at radius 2 is 1.72 bits per heavy atom. The van der Waals surface area contributed by atoms with Gasteiger partial charge in [0.25, 0.3) is 5.91 Å². The topological polar surface area (TPSA) is 130 Å². The van der Waals surface area contributed by atoms with Crippen LogP contribution in [0.25, 0.3) is 5.69 Å². The third-order valence-electron chi connectivity index (χ3n) is 3.46. The normalized spacial score (nSPS) is 11.3. The zero-order valence-corrected chi connectivity index (χ0v) is 13.8. The van der Waals surface area contributed by atoms with Crippen LogP contribution in [0.3, 0.4) is 0 Å². The van der Waals surface area contributed by atoms with Crippen molar-refractivity contribution >= 4 is 30.3 Å². The van der Waals surface area contributed by atoms with Crippen molar-refractivity contribution < 1.29 is 19.1 Å². The molecule has 0 atom stereocenters. The van der Waals surface area contributed by atoms with Crippen molar-refractivity contribution in [2.45, 2.75) is 0 Å². The standard InChI is InChI=1S/C16H15N4O4P/c17-14-10-20(12-4-2-1-3-5-12)19-15(14)18-16(21)11-6-8-13(9-7-11)25(22,23)24/h1-10H,17H2,(H,18,19,21)(H2,22,23,24). The molecule has 9 heteroatoms. The van der Waals surface area contributed by atoms with Gasteiger partial charge < -0.3 is 20.8 Å². The Balaban J connectivity index is 1.79. The average molecular weight is 358 g/mol. The molecule has 0 spiro atoms. The molecular weight excluding hydrogens is 343 g/mol. The van der Waals surface area contributed by atoms with Crippen LogP contribution >= 0.6 is 7.60 Å². The zero-order chi connectivity index (χ0) is 18.0. The molecule has 0 aliphatic heterocycles. The first-order valence-electron chi connectivity index (χ1n) is 7.23. The molecule has 0 unspecified atom stereocenters. The molecule has 0 bridgehead atoms. The van der Waals surface area contributed by atoms with Crippen molar-refractivity contribution in [1.82, 2.24) is 9.78 Å². The van der Waals surface area contributed by atoms with Gasteiger partial charge in [0.15, 0.2) is 5.82 Å². The Kier molecular flexibility index (Phi) is 4.41. The van der Waals surface area contributed by atoms with Crippen LogP contribution in [0.2, 0.25) is 0 Å². The fourth-order valence-corrected chi connectivity index (χ4v) is 2.72. The quantitative estimate of drug-likeness (QED) is 0.523. The van der Waals surface area contributed by atoms with E-state index in [1.54, 1.807) is 10.9 Å². The van der Waals surface area contributed by atoms with Gasteiger partial charge in [0.05, 0.1) is 22.9 Å². The van der Waals surface area contributed by atoms with Gasteiger partial charge in [-0.25, -0.2) is 4.68 Å². The summed E-state index contributed by atoms with van der Waals surface area (Å²) in [4.78, 5) is 30.4. The number of para-hydroxylation sites is 1. The van der Waals surface area contributed by atoms with Crippen molar-refractivity contribution in [1.29, 1.82) is 0 Å². The van der Waals surface area contributed by atoms with Gasteiger partial charge in [0.2, 0.25) is 0 Å². The second-order valence-electron chi connectivity index (χ2n) is 5.26. The van der Waals surface area contributed by atoms with Crippen LogP contribution in [0, 0.1) is 0 Å². The van der Waals surface area contributed by atoms with Gasteiger partial charge in [-0.1, -0.05) is 18.2 Å². The van der Waals surface area contributed by atoms with Gasteiger partial charge in [-0.15, -0.1) is 5.10 Å². The molecule has 0 radical (unpaired) electrons. The maximum Gasteiger partial charge on any atom is 0.356 e. The number of nitrogens with one attached hydrogen (secondary N) is 1. The zero-order valence-electron chi connectivity index (χ0n) is 12.9. The van der Waals surface area contributed by atoms with Gasteiger partial charge in [0.1, 0.15) is 0 Å². The molecule has 1 heterocycles. The van der Waals surface area contributed by atoms with E-state index in [-0.39, 0.29) is 16.7 Å². The maximum atomic E-state index is 12.3. The smallest absolute Gasteiger partial charge is 0.356 e. The second-order valence-corrected chi connectivity index (χ2v) is 6.86. The molecule has 0 aliphatic rings. The number of aromatic nitrogens is 2. The molecule has 0 aliphatic carbocycles. The number of anilines is 2. The molecule has 128 valence electrons. The van der Waals surface area contributed by atoms with E-state index in [0.717, 1.165) is 5.69 Å². The Morgan fingerprint density at radius 3 is 2.32 bits per heavy atom. The lowest BCUT2D eigenvalue weighted by Gasteiger charge is -2.06. The molecular formula is C16H15N4O4P. The minimum absolute atomic E-state index is 0.156. The van der Waals surface area contributed by atoms with Crippen LogP contribution < -0.4 is 16.4 Å². The van der Waals surface area contributed by atoms with Crippen LogP contribution in [0.15, 0.2) is 60.8 Å². The van der Waals surface area contributed by atoms with Gasteiger partial charge in [0, 0.05) is 5.56 Å². The molecule has 1 amide bonds. The number of nitrogens with two attached hydrogens (primary N) is 1. The summed E-state index contributed by atoms with van der Waals surface area (Å²) in [6.45, 7) is 0. The van der Waals surface area contributed by atoms with Crippen LogP contribution in [-0.2, 0) is 4.57 Å². The van der Waals surface area contributed by atoms with Crippen LogP contribution in [-0.4, -0.2) is 25.5 Å². The van der Waals surface area contributed by atoms with Crippen LogP contribution in [0.4, 0.5) is 11.5 Å². The van der Waals surface area contributed by atoms with Crippen LogP contribution in [0.1, 0.15) is 10.4 Å². The number of amides is 1. The summed E-state index contributed by atoms with van der Waals surface area (Å²) >= 11 is 0. The predicted molar refractivity (Wildman–Crippen MR) is 94.0 cm³/mol. The molecule has 0 saturated heterocycles. The second kappa shape index (κ2) is 6.52. The first kappa shape index (κ1) is 16.9. The molecule has 8 nitrogen and oxygen atoms in total. The highest BCUT2D eigenvalue weighted by Gasteiger charge is 2.18. The average Bonchev–Trinajstić information content (AvgIpc) is 2.96. The highest BCUT2D eigenvalue weighted by atomic mass is 31.2. The summed E-state index contributed by atoms with van der Waals surface area (Å²) in [6, 6.07) is 14.4. The van der Waals surface area contributed by atoms with E-state index in [1.165, 1.54) is 24.3 Å². The summed E-state index contributed by atoms with van der Waals surface area (Å²) in [5.74, 6) is -0.282. The summed E-state index contributed by atoms with van der Waals surface area (Å²) in [5.41, 5.74) is 7.20. The molecule has 3 aromatic rings. The number of benzene rings is 2. The summed E-state index contributed by atoms with van der Waals surface area (Å²) < 4.78 is 12.7. The Morgan fingerprint density at radius 1 is 1.08 bits per heavy atom. The molecule has 5 N–H and O–H groups in total. The number of carbonyl (C=O) groups excluding carboxylic acids is 1. The fourth-order valence-electron chi connectivity index (χ4n) is 2.18. The first-order valence-corrected chi connectivity index (χ1v) is 8.84. The number of carbonyl (C=O) groups is 1. The Bertz CT molecular complexity index is 948. The summed E-state index contributed by atoms with van der Waals surface area (Å²) in [6.07, 6.45) is 1.59. The van der Waals surface area contributed by atoms with Gasteiger partial charge in [-0.2, -0.15) is 0 Å². The predicted octanol–water partition coefficient (Wildman–Crippen LogP) is 1.51. The SMILES string of the molecule is Nc1cn(-c2ccccc2)nc1NC(=O)c1ccc(P(=O)(O)O)cc1. The van der Waals surface area contributed by atoms with E-state index in [0.29, 0.717) is 5.69 Å². The van der Waals surface area contributed by atoms with Gasteiger partial charge in [-0.3, -0.25) is 9.36 Å². The van der Waals surface area contributed by atoms with Crippen LogP contribution in [0.5, 0.6) is 0 Å². The van der Waals surface area contributed by atoms with Gasteiger partial charge >= 0.3 is 7.60 Å². The monoisotopic (exact) mass is 358 g/mol. The number of hydrogen-bond donors (Lipinski definition) is 4. The minimum Gasteiger partial charge on any atom is -0.394 e. The van der Waals surface area contributed by atoms with Crippen molar-refractivity contribution in [2.75, 3.05) is 11.1 Å². The number of hydrogen-bond acceptors (Lipinski definition) is 4. The largest absolute Gasteiger partial charge is 0.394 e. The van der Waals surface area contributed by atoms with Gasteiger partial charge in [-0.05, 0) is 36.4 Å². The maximum absolute atomic E-state index is 12.3. The summed E-state index contributed by atoms with van der Waals surface area (Å²) in [7, 11) is -4.34. The lowest BCUT2D eigenvalue weighted by atomic mass is 10.2. The number of nitrogens with zero attached hydrogens (tertiary/aromatic N) is 2. The third kappa shape index (κ3) is 3.77. The van der Waals surface area contributed by atoms with Crippen molar-refractivity contribution in [2.24, 2.45) is 0 Å². The highest BCUT2D eigenvalue weighted by molar-refractivity contribution is 7.60. The van der Waals surface area contributed by atoms with E-state index >= 15 is 0 Å². The Hall–Kier alpha value is -2.93.